The number of carbonyl (C=O) groups excluding carboxylic acids is 2. The summed E-state index contributed by atoms with van der Waals surface area (Å²) in [6.07, 6.45) is 1.97. The number of urea groups is 1. The Morgan fingerprint density at radius 3 is 2.70 bits per heavy atom. The Hall–Kier alpha value is -1.82. The van der Waals surface area contributed by atoms with Crippen LogP contribution in [0.5, 0.6) is 0 Å². The van der Waals surface area contributed by atoms with Crippen LogP contribution in [0.4, 0.5) is 15.3 Å². The van der Waals surface area contributed by atoms with Crippen LogP contribution in [0, 0.1) is 0 Å². The van der Waals surface area contributed by atoms with E-state index >= 15 is 0 Å². The van der Waals surface area contributed by atoms with Crippen molar-refractivity contribution in [1.29, 1.82) is 0 Å². The number of likely N-dealkylation sites (tertiary alicyclic amines) is 1. The van der Waals surface area contributed by atoms with Crippen LogP contribution in [-0.4, -0.2) is 50.2 Å². The highest BCUT2D eigenvalue weighted by atomic mass is 35.5. The minimum Gasteiger partial charge on any atom is -0.444 e. The van der Waals surface area contributed by atoms with Gasteiger partial charge in [0.1, 0.15) is 10.9 Å². The predicted molar refractivity (Wildman–Crippen MR) is 118 cm³/mol. The molecule has 0 radical (unpaired) electrons. The summed E-state index contributed by atoms with van der Waals surface area (Å²) in [7, 11) is -3.94. The summed E-state index contributed by atoms with van der Waals surface area (Å²) in [5, 5.41) is 1.23. The van der Waals surface area contributed by atoms with E-state index in [9.17, 15) is 18.0 Å². The number of thiophene rings is 1. The number of nitrogens with zero attached hydrogens (tertiary/aromatic N) is 1. The van der Waals surface area contributed by atoms with Gasteiger partial charge in [-0.15, -0.1) is 17.9 Å². The first-order chi connectivity index (χ1) is 13.8. The highest BCUT2D eigenvalue weighted by Crippen LogP contribution is 2.39. The Balaban J connectivity index is 2.17. The van der Waals surface area contributed by atoms with E-state index in [0.717, 1.165) is 11.3 Å². The SMILES string of the molecule is C=CC(c1sc(Cl)cc1NC(N)=O)S(=O)(=O)N[C@H]1CCCN(C(=O)OC(C)(C)C)C1. The summed E-state index contributed by atoms with van der Waals surface area (Å²) in [5.41, 5.74) is 4.74. The molecule has 2 rings (SSSR count). The molecule has 0 bridgehead atoms. The van der Waals surface area contributed by atoms with E-state index in [1.165, 1.54) is 17.0 Å². The minimum absolute atomic E-state index is 0.190. The molecule has 1 aliphatic rings. The lowest BCUT2D eigenvalue weighted by molar-refractivity contribution is 0.0195. The maximum absolute atomic E-state index is 13.1. The van der Waals surface area contributed by atoms with Crippen LogP contribution >= 0.6 is 22.9 Å². The topological polar surface area (TPSA) is 131 Å². The molecular weight excluding hydrogens is 452 g/mol. The number of nitrogens with two attached hydrogens (primary N) is 1. The van der Waals surface area contributed by atoms with E-state index in [1.54, 1.807) is 20.8 Å². The van der Waals surface area contributed by atoms with Gasteiger partial charge in [0.2, 0.25) is 10.0 Å². The molecule has 0 saturated carbocycles. The van der Waals surface area contributed by atoms with Crippen molar-refractivity contribution in [3.05, 3.63) is 27.9 Å². The number of rotatable bonds is 6. The Morgan fingerprint density at radius 2 is 2.13 bits per heavy atom. The number of piperidine rings is 1. The van der Waals surface area contributed by atoms with E-state index in [1.807, 2.05) is 0 Å². The quantitative estimate of drug-likeness (QED) is 0.539. The molecule has 168 valence electrons. The molecule has 1 saturated heterocycles. The fourth-order valence-corrected chi connectivity index (χ4v) is 6.23. The van der Waals surface area contributed by atoms with Crippen LogP contribution in [0.1, 0.15) is 43.7 Å². The maximum atomic E-state index is 13.1. The monoisotopic (exact) mass is 478 g/mol. The molecule has 3 amide bonds. The summed E-state index contributed by atoms with van der Waals surface area (Å²) in [6, 6.07) is 0.115. The average Bonchev–Trinajstić information content (AvgIpc) is 2.92. The van der Waals surface area contributed by atoms with Crippen molar-refractivity contribution in [1.82, 2.24) is 9.62 Å². The van der Waals surface area contributed by atoms with E-state index < -0.39 is 39.0 Å². The van der Waals surface area contributed by atoms with Crippen molar-refractivity contribution in [3.63, 3.8) is 0 Å². The molecule has 9 nitrogen and oxygen atoms in total. The number of halogens is 1. The van der Waals surface area contributed by atoms with Crippen LogP contribution in [0.25, 0.3) is 0 Å². The van der Waals surface area contributed by atoms with Gasteiger partial charge in [-0.25, -0.2) is 22.7 Å². The molecule has 1 aromatic heterocycles. The standard InChI is InChI=1S/C18H27ClN4O5S2/c1-5-13(15-12(21-16(20)24)9-14(19)29-15)30(26,27)22-11-7-6-8-23(10-11)17(25)28-18(2,3)4/h5,9,11,13,22H,1,6-8,10H2,2-4H3,(H3,20,21,24)/t11-,13?/m0/s1. The average molecular weight is 479 g/mol. The molecule has 30 heavy (non-hydrogen) atoms. The highest BCUT2D eigenvalue weighted by Gasteiger charge is 2.34. The molecule has 2 atom stereocenters. The van der Waals surface area contributed by atoms with Gasteiger partial charge in [0.25, 0.3) is 0 Å². The molecule has 1 aliphatic heterocycles. The van der Waals surface area contributed by atoms with Crippen molar-refractivity contribution >= 4 is 50.8 Å². The predicted octanol–water partition coefficient (Wildman–Crippen LogP) is 3.44. The fraction of sp³-hybridized carbons (Fsp3) is 0.556. The van der Waals surface area contributed by atoms with Crippen LogP contribution < -0.4 is 15.8 Å². The maximum Gasteiger partial charge on any atom is 0.410 e. The fourth-order valence-electron chi connectivity index (χ4n) is 3.06. The Morgan fingerprint density at radius 1 is 1.47 bits per heavy atom. The van der Waals surface area contributed by atoms with Crippen LogP contribution in [0.2, 0.25) is 4.34 Å². The largest absolute Gasteiger partial charge is 0.444 e. The third-order valence-corrected chi connectivity index (χ3v) is 7.45. The third-order valence-electron chi connectivity index (χ3n) is 4.20. The molecule has 2 heterocycles. The minimum atomic E-state index is -3.94. The van der Waals surface area contributed by atoms with Crippen molar-refractivity contribution in [3.8, 4) is 0 Å². The van der Waals surface area contributed by atoms with Gasteiger partial charge < -0.3 is 20.7 Å². The van der Waals surface area contributed by atoms with Crippen LogP contribution in [-0.2, 0) is 14.8 Å². The van der Waals surface area contributed by atoms with Gasteiger partial charge in [0.15, 0.2) is 0 Å². The summed E-state index contributed by atoms with van der Waals surface area (Å²) in [5.74, 6) is 0. The Kier molecular flexibility index (Phi) is 7.78. The lowest BCUT2D eigenvalue weighted by Gasteiger charge is -2.34. The van der Waals surface area contributed by atoms with Crippen LogP contribution in [0.3, 0.4) is 0 Å². The van der Waals surface area contributed by atoms with E-state index in [-0.39, 0.29) is 12.2 Å². The van der Waals surface area contributed by atoms with Crippen molar-refractivity contribution in [2.75, 3.05) is 18.4 Å². The van der Waals surface area contributed by atoms with Crippen molar-refractivity contribution < 1.29 is 22.7 Å². The number of hydrogen-bond donors (Lipinski definition) is 3. The third kappa shape index (κ3) is 6.59. The second kappa shape index (κ2) is 9.54. The number of primary amides is 1. The van der Waals surface area contributed by atoms with Gasteiger partial charge in [-0.3, -0.25) is 0 Å². The zero-order chi connectivity index (χ0) is 22.7. The van der Waals surface area contributed by atoms with Crippen molar-refractivity contribution in [2.45, 2.75) is 50.5 Å². The molecular formula is C18H27ClN4O5S2. The normalized spacial score (nSPS) is 18.5. The van der Waals surface area contributed by atoms with Gasteiger partial charge >= 0.3 is 12.1 Å². The highest BCUT2D eigenvalue weighted by molar-refractivity contribution is 7.90. The molecule has 0 aromatic carbocycles. The molecule has 1 fully saturated rings. The smallest absolute Gasteiger partial charge is 0.410 e. The number of sulfonamides is 1. The zero-order valence-corrected chi connectivity index (χ0v) is 19.5. The van der Waals surface area contributed by atoms with Gasteiger partial charge in [-0.2, -0.15) is 0 Å². The van der Waals surface area contributed by atoms with E-state index in [4.69, 9.17) is 22.1 Å². The molecule has 1 aromatic rings. The lowest BCUT2D eigenvalue weighted by Crippen LogP contribution is -2.51. The number of nitrogens with one attached hydrogen (secondary N) is 2. The van der Waals surface area contributed by atoms with Crippen molar-refractivity contribution in [2.24, 2.45) is 5.73 Å². The summed E-state index contributed by atoms with van der Waals surface area (Å²) in [4.78, 5) is 25.4. The number of anilines is 1. The molecule has 0 aliphatic carbocycles. The summed E-state index contributed by atoms with van der Waals surface area (Å²) < 4.78 is 34.5. The van der Waals surface area contributed by atoms with Gasteiger partial charge in [0, 0.05) is 19.1 Å². The molecule has 0 spiro atoms. The van der Waals surface area contributed by atoms with Gasteiger partial charge in [-0.05, 0) is 39.7 Å². The molecule has 12 heteroatoms. The first-order valence-corrected chi connectivity index (χ1v) is 12.0. The lowest BCUT2D eigenvalue weighted by atomic mass is 10.1. The van der Waals surface area contributed by atoms with Gasteiger partial charge in [-0.1, -0.05) is 17.7 Å². The first-order valence-electron chi connectivity index (χ1n) is 9.29. The first kappa shape index (κ1) is 24.4. The van der Waals surface area contributed by atoms with E-state index in [0.29, 0.717) is 28.6 Å². The Bertz CT molecular complexity index is 910. The zero-order valence-electron chi connectivity index (χ0n) is 17.1. The number of amides is 3. The second-order valence-corrected chi connectivity index (χ2v) is 11.5. The van der Waals surface area contributed by atoms with Crippen LogP contribution in [0.15, 0.2) is 18.7 Å². The molecule has 4 N–H and O–H groups in total. The van der Waals surface area contributed by atoms with E-state index in [2.05, 4.69) is 16.6 Å². The van der Waals surface area contributed by atoms with Gasteiger partial charge in [0.05, 0.1) is 14.9 Å². The number of carbonyl (C=O) groups is 2. The number of hydrogen-bond acceptors (Lipinski definition) is 6. The molecule has 1 unspecified atom stereocenters. The summed E-state index contributed by atoms with van der Waals surface area (Å²) >= 11 is 7.03. The number of ether oxygens (including phenoxy) is 1. The summed E-state index contributed by atoms with van der Waals surface area (Å²) in [6.45, 7) is 9.62. The second-order valence-electron chi connectivity index (χ2n) is 7.90. The Labute approximate surface area is 185 Å².